The van der Waals surface area contributed by atoms with Gasteiger partial charge in [-0.3, -0.25) is 23.3 Å². The number of aromatic nitrogens is 3. The molecule has 5 aromatic rings. The third kappa shape index (κ3) is 8.75. The van der Waals surface area contributed by atoms with Crippen LogP contribution in [-0.2, 0) is 10.4 Å². The molecule has 0 aliphatic carbocycles. The second kappa shape index (κ2) is 14.0. The van der Waals surface area contributed by atoms with Gasteiger partial charge < -0.3 is 16.0 Å². The molecule has 1 amide bonds. The lowest BCUT2D eigenvalue weighted by molar-refractivity contribution is 0.102. The zero-order valence-electron chi connectivity index (χ0n) is 27.8. The van der Waals surface area contributed by atoms with Crippen molar-refractivity contribution in [2.75, 3.05) is 10.6 Å². The van der Waals surface area contributed by atoms with Crippen molar-refractivity contribution in [3.8, 4) is 16.9 Å². The Morgan fingerprint density at radius 1 is 1.00 bits per heavy atom. The summed E-state index contributed by atoms with van der Waals surface area (Å²) in [5, 5.41) is 14.1. The Morgan fingerprint density at radius 3 is 2.24 bits per heavy atom. The largest absolute Gasteiger partial charge is 0.394 e. The van der Waals surface area contributed by atoms with Gasteiger partial charge in [-0.1, -0.05) is 12.1 Å². The van der Waals surface area contributed by atoms with E-state index < -0.39 is 33.3 Å². The van der Waals surface area contributed by atoms with E-state index in [2.05, 4.69) is 43.6 Å². The number of nitrogens with zero attached hydrogens (tertiary/aromatic N) is 3. The molecule has 1 fully saturated rings. The van der Waals surface area contributed by atoms with Crippen molar-refractivity contribution in [3.63, 3.8) is 0 Å². The number of piperidine rings is 1. The molecule has 0 spiro atoms. The van der Waals surface area contributed by atoms with E-state index in [1.807, 2.05) is 18.4 Å². The van der Waals surface area contributed by atoms with Crippen LogP contribution >= 0.6 is 11.3 Å². The van der Waals surface area contributed by atoms with Gasteiger partial charge in [-0.05, 0) is 94.8 Å². The van der Waals surface area contributed by atoms with Gasteiger partial charge in [0, 0.05) is 45.2 Å². The van der Waals surface area contributed by atoms with Gasteiger partial charge in [0.1, 0.15) is 17.3 Å². The lowest BCUT2D eigenvalue weighted by Gasteiger charge is -2.46. The molecule has 16 heteroatoms. The molecule has 264 valence electrons. The summed E-state index contributed by atoms with van der Waals surface area (Å²) in [4.78, 5) is 35.8. The van der Waals surface area contributed by atoms with Gasteiger partial charge in [0.2, 0.25) is 5.95 Å². The number of nitrogens with one attached hydrogen (secondary N) is 3. The first-order chi connectivity index (χ1) is 23.3. The van der Waals surface area contributed by atoms with E-state index in [1.165, 1.54) is 23.5 Å². The van der Waals surface area contributed by atoms with Crippen molar-refractivity contribution in [1.82, 2.24) is 19.9 Å². The first-order valence-electron chi connectivity index (χ1n) is 15.4. The Balaban J connectivity index is 0.000000908. The van der Waals surface area contributed by atoms with Crippen LogP contribution in [0.5, 0.6) is 0 Å². The summed E-state index contributed by atoms with van der Waals surface area (Å²) in [7, 11) is -4.67. The van der Waals surface area contributed by atoms with Crippen LogP contribution in [0.3, 0.4) is 0 Å². The minimum Gasteiger partial charge on any atom is -0.351 e. The van der Waals surface area contributed by atoms with E-state index in [0.717, 1.165) is 35.1 Å². The van der Waals surface area contributed by atoms with E-state index in [4.69, 9.17) is 27.5 Å². The molecule has 1 aliphatic rings. The summed E-state index contributed by atoms with van der Waals surface area (Å²) < 4.78 is 62.9. The lowest BCUT2D eigenvalue weighted by Crippen LogP contribution is -2.60. The summed E-state index contributed by atoms with van der Waals surface area (Å²) in [6.07, 6.45) is 1.53. The van der Waals surface area contributed by atoms with Crippen molar-refractivity contribution < 1.29 is 31.1 Å². The number of hydrogen-bond donors (Lipinski definition) is 5. The number of para-hydroxylation sites is 1. The third-order valence-corrected chi connectivity index (χ3v) is 8.65. The highest BCUT2D eigenvalue weighted by molar-refractivity contribution is 7.79. The molecule has 12 nitrogen and oxygen atoms in total. The monoisotopic (exact) mass is 726 g/mol. The number of carbonyl (C=O) groups is 1. The fourth-order valence-corrected chi connectivity index (χ4v) is 7.10. The van der Waals surface area contributed by atoms with Crippen LogP contribution in [0.15, 0.2) is 70.2 Å². The Morgan fingerprint density at radius 2 is 1.64 bits per heavy atom. The maximum absolute atomic E-state index is 15.2. The van der Waals surface area contributed by atoms with Gasteiger partial charge in [-0.25, -0.2) is 13.8 Å². The van der Waals surface area contributed by atoms with Crippen LogP contribution < -0.4 is 21.5 Å². The van der Waals surface area contributed by atoms with Crippen LogP contribution in [0.2, 0.25) is 0 Å². The fraction of sp³-hybridized carbons (Fsp3) is 0.294. The first kappa shape index (κ1) is 36.7. The van der Waals surface area contributed by atoms with E-state index >= 15 is 8.78 Å². The van der Waals surface area contributed by atoms with Gasteiger partial charge in [-0.2, -0.15) is 24.7 Å². The van der Waals surface area contributed by atoms with E-state index in [9.17, 15) is 9.59 Å². The Kier molecular flexibility index (Phi) is 10.2. The Hall–Kier alpha value is -4.61. The van der Waals surface area contributed by atoms with Crippen LogP contribution in [0.25, 0.3) is 28.0 Å². The molecule has 2 aromatic carbocycles. The number of hydrogen-bond acceptors (Lipinski definition) is 9. The number of halogens is 2. The molecule has 1 saturated heterocycles. The standard InChI is InChI=1S/C34H34F2N6O2S.H2O4S/c1-19-9-10-21(37-31(44)20-13-14-45-18-20)15-24(19)28-23-11-12-27(43)42(29-25(35)7-6-8-26(29)36)30(23)40-32(39-28)38-22-16-33(2,3)41-34(4,5)17-22;1-5(2,3)4/h6-15,18,22,41H,16-17H2,1-5H3,(H,37,44)(H,38,39,40);(H2,1,2,3,4). The molecule has 1 aliphatic heterocycles. The maximum atomic E-state index is 15.2. The number of benzene rings is 2. The van der Waals surface area contributed by atoms with Gasteiger partial charge in [0.25, 0.3) is 11.5 Å². The summed E-state index contributed by atoms with van der Waals surface area (Å²) in [6.45, 7) is 10.4. The Labute approximate surface area is 291 Å². The van der Waals surface area contributed by atoms with Crippen molar-refractivity contribution in [2.45, 2.75) is 64.6 Å². The summed E-state index contributed by atoms with van der Waals surface area (Å²) >= 11 is 1.43. The molecular formula is C34H36F2N6O6S2. The molecule has 5 N–H and O–H groups in total. The van der Waals surface area contributed by atoms with E-state index in [1.54, 1.807) is 29.6 Å². The first-order valence-corrected chi connectivity index (χ1v) is 17.7. The summed E-state index contributed by atoms with van der Waals surface area (Å²) in [6, 6.07) is 13.5. The highest BCUT2D eigenvalue weighted by atomic mass is 32.3. The molecule has 50 heavy (non-hydrogen) atoms. The minimum atomic E-state index is -4.67. The number of rotatable bonds is 6. The normalized spacial score (nSPS) is 15.6. The zero-order chi connectivity index (χ0) is 36.6. The number of thiophene rings is 1. The zero-order valence-corrected chi connectivity index (χ0v) is 29.4. The predicted molar refractivity (Wildman–Crippen MR) is 190 cm³/mol. The van der Waals surface area contributed by atoms with Crippen LogP contribution in [-0.4, -0.2) is 55.1 Å². The minimum absolute atomic E-state index is 0.0343. The number of fused-ring (bicyclic) bond motifs is 1. The Bertz CT molecular complexity index is 2200. The van der Waals surface area contributed by atoms with Gasteiger partial charge in [-0.15, -0.1) is 0 Å². The highest BCUT2D eigenvalue weighted by Gasteiger charge is 2.38. The number of carbonyl (C=O) groups excluding carboxylic acids is 1. The predicted octanol–water partition coefficient (Wildman–Crippen LogP) is 6.42. The van der Waals surface area contributed by atoms with Crippen molar-refractivity contribution in [3.05, 3.63) is 98.5 Å². The number of aryl methyl sites for hydroxylation is 1. The summed E-state index contributed by atoms with van der Waals surface area (Å²) in [5.74, 6) is -1.81. The van der Waals surface area contributed by atoms with Gasteiger partial charge in [0.05, 0.1) is 11.3 Å². The smallest absolute Gasteiger partial charge is 0.351 e. The molecule has 0 saturated carbocycles. The van der Waals surface area contributed by atoms with Gasteiger partial charge >= 0.3 is 10.4 Å². The molecule has 3 aromatic heterocycles. The molecule has 4 heterocycles. The quantitative estimate of drug-likeness (QED) is 0.123. The summed E-state index contributed by atoms with van der Waals surface area (Å²) in [5.41, 5.74) is 1.59. The SMILES string of the molecule is Cc1ccc(NC(=O)c2ccsc2)cc1-c1nc(NC2CC(C)(C)NC(C)(C)C2)nc2c1ccc(=O)n2-c1c(F)cccc1F.O=S(=O)(O)O. The van der Waals surface area contributed by atoms with E-state index in [0.29, 0.717) is 27.9 Å². The van der Waals surface area contributed by atoms with Crippen LogP contribution in [0, 0.1) is 18.6 Å². The van der Waals surface area contributed by atoms with Crippen molar-refractivity contribution in [1.29, 1.82) is 0 Å². The van der Waals surface area contributed by atoms with Crippen molar-refractivity contribution >= 4 is 50.3 Å². The topological polar surface area (TPSA) is 176 Å². The fourth-order valence-electron chi connectivity index (χ4n) is 6.46. The number of amides is 1. The molecule has 0 unspecified atom stereocenters. The second-order valence-corrected chi connectivity index (χ2v) is 15.0. The molecule has 0 radical (unpaired) electrons. The second-order valence-electron chi connectivity index (χ2n) is 13.3. The average molecular weight is 727 g/mol. The molecule has 0 atom stereocenters. The van der Waals surface area contributed by atoms with Crippen molar-refractivity contribution in [2.24, 2.45) is 0 Å². The van der Waals surface area contributed by atoms with Gasteiger partial charge in [0.15, 0.2) is 5.65 Å². The lowest BCUT2D eigenvalue weighted by atomic mass is 9.80. The van der Waals surface area contributed by atoms with E-state index in [-0.39, 0.29) is 34.6 Å². The maximum Gasteiger partial charge on any atom is 0.394 e. The highest BCUT2D eigenvalue weighted by Crippen LogP contribution is 2.35. The third-order valence-electron chi connectivity index (χ3n) is 7.97. The average Bonchev–Trinajstić information content (AvgIpc) is 3.52. The number of anilines is 2. The molecule has 0 bridgehead atoms. The van der Waals surface area contributed by atoms with Crippen LogP contribution in [0.1, 0.15) is 56.5 Å². The number of pyridine rings is 1. The molecular weight excluding hydrogens is 691 g/mol. The van der Waals surface area contributed by atoms with Crippen LogP contribution in [0.4, 0.5) is 20.4 Å². The molecule has 6 rings (SSSR count).